The number of hydrogen-bond donors (Lipinski definition) is 2. The van der Waals surface area contributed by atoms with Crippen LogP contribution in [0.3, 0.4) is 0 Å². The summed E-state index contributed by atoms with van der Waals surface area (Å²) in [6.07, 6.45) is 1.64. The predicted octanol–water partition coefficient (Wildman–Crippen LogP) is 3.52. The number of nitrogens with zero attached hydrogens (tertiary/aromatic N) is 1. The van der Waals surface area contributed by atoms with E-state index in [1.165, 1.54) is 5.56 Å². The van der Waals surface area contributed by atoms with E-state index in [1.807, 2.05) is 44.2 Å². The molecular formula is C17H18ClN3O. The van der Waals surface area contributed by atoms with Gasteiger partial charge in [0, 0.05) is 0 Å². The van der Waals surface area contributed by atoms with E-state index in [0.717, 1.165) is 16.8 Å². The third-order valence-electron chi connectivity index (χ3n) is 3.13. The first-order valence-corrected chi connectivity index (χ1v) is 7.31. The maximum atomic E-state index is 11.7. The highest BCUT2D eigenvalue weighted by atomic mass is 35.5. The SMILES string of the molecule is Cc1ccc(/C=N/NC(=O)CNc2ccccc2Cl)c(C)c1. The summed E-state index contributed by atoms with van der Waals surface area (Å²) in [4.78, 5) is 11.7. The zero-order valence-electron chi connectivity index (χ0n) is 12.6. The fourth-order valence-electron chi connectivity index (χ4n) is 1.96. The smallest absolute Gasteiger partial charge is 0.259 e. The van der Waals surface area contributed by atoms with Crippen molar-refractivity contribution >= 4 is 29.4 Å². The molecule has 114 valence electrons. The van der Waals surface area contributed by atoms with Crippen molar-refractivity contribution in [3.8, 4) is 0 Å². The number of aryl methyl sites for hydroxylation is 2. The molecule has 0 saturated carbocycles. The van der Waals surface area contributed by atoms with E-state index >= 15 is 0 Å². The Balaban J connectivity index is 1.85. The summed E-state index contributed by atoms with van der Waals surface area (Å²) in [5.74, 6) is -0.235. The van der Waals surface area contributed by atoms with Crippen LogP contribution >= 0.6 is 11.6 Å². The normalized spacial score (nSPS) is 10.7. The highest BCUT2D eigenvalue weighted by Gasteiger charge is 2.02. The summed E-state index contributed by atoms with van der Waals surface area (Å²) in [5.41, 5.74) is 6.50. The molecule has 0 saturated heterocycles. The third-order valence-corrected chi connectivity index (χ3v) is 3.46. The van der Waals surface area contributed by atoms with Gasteiger partial charge in [0.05, 0.1) is 23.5 Å². The van der Waals surface area contributed by atoms with Crippen LogP contribution in [0.15, 0.2) is 47.6 Å². The van der Waals surface area contributed by atoms with Crippen LogP contribution in [0.1, 0.15) is 16.7 Å². The minimum Gasteiger partial charge on any atom is -0.375 e. The molecule has 0 aromatic heterocycles. The van der Waals surface area contributed by atoms with Crippen LogP contribution in [0.4, 0.5) is 5.69 Å². The van der Waals surface area contributed by atoms with E-state index in [0.29, 0.717) is 5.02 Å². The molecule has 0 fully saturated rings. The van der Waals surface area contributed by atoms with Gasteiger partial charge in [0.1, 0.15) is 0 Å². The van der Waals surface area contributed by atoms with Gasteiger partial charge in [-0.25, -0.2) is 5.43 Å². The average Bonchev–Trinajstić information content (AvgIpc) is 2.49. The van der Waals surface area contributed by atoms with Crippen molar-refractivity contribution in [2.24, 2.45) is 5.10 Å². The molecule has 0 aliphatic rings. The number of nitrogens with one attached hydrogen (secondary N) is 2. The Morgan fingerprint density at radius 1 is 1.23 bits per heavy atom. The molecule has 0 aliphatic carbocycles. The van der Waals surface area contributed by atoms with Gasteiger partial charge in [0.25, 0.3) is 5.91 Å². The molecular weight excluding hydrogens is 298 g/mol. The van der Waals surface area contributed by atoms with Crippen LogP contribution in [0.5, 0.6) is 0 Å². The molecule has 0 aliphatic heterocycles. The zero-order chi connectivity index (χ0) is 15.9. The fourth-order valence-corrected chi connectivity index (χ4v) is 2.17. The van der Waals surface area contributed by atoms with Crippen molar-refractivity contribution in [1.82, 2.24) is 5.43 Å². The Bertz CT molecular complexity index is 698. The largest absolute Gasteiger partial charge is 0.375 e. The maximum Gasteiger partial charge on any atom is 0.259 e. The summed E-state index contributed by atoms with van der Waals surface area (Å²) in [5, 5.41) is 7.51. The number of benzene rings is 2. The fraction of sp³-hybridized carbons (Fsp3) is 0.176. The number of anilines is 1. The lowest BCUT2D eigenvalue weighted by molar-refractivity contribution is -0.119. The van der Waals surface area contributed by atoms with Crippen LogP contribution in [0.2, 0.25) is 5.02 Å². The number of carbonyl (C=O) groups excluding carboxylic acids is 1. The van der Waals surface area contributed by atoms with Crippen LogP contribution in [-0.2, 0) is 4.79 Å². The molecule has 1 amide bonds. The lowest BCUT2D eigenvalue weighted by Gasteiger charge is -2.06. The van der Waals surface area contributed by atoms with Gasteiger partial charge in [-0.3, -0.25) is 4.79 Å². The monoisotopic (exact) mass is 315 g/mol. The molecule has 2 aromatic carbocycles. The molecule has 4 nitrogen and oxygen atoms in total. The van der Waals surface area contributed by atoms with Crippen molar-refractivity contribution in [2.45, 2.75) is 13.8 Å². The van der Waals surface area contributed by atoms with E-state index in [1.54, 1.807) is 12.3 Å². The molecule has 0 heterocycles. The predicted molar refractivity (Wildman–Crippen MR) is 91.6 cm³/mol. The standard InChI is InChI=1S/C17H18ClN3O/c1-12-7-8-14(13(2)9-12)10-20-21-17(22)11-19-16-6-4-3-5-15(16)18/h3-10,19H,11H2,1-2H3,(H,21,22)/b20-10+. The molecule has 2 rings (SSSR count). The number of halogens is 1. The molecule has 0 radical (unpaired) electrons. The quantitative estimate of drug-likeness (QED) is 0.655. The number of para-hydroxylation sites is 1. The molecule has 0 bridgehead atoms. The van der Waals surface area contributed by atoms with Crippen molar-refractivity contribution in [1.29, 1.82) is 0 Å². The Labute approximate surface area is 135 Å². The molecule has 0 unspecified atom stereocenters. The summed E-state index contributed by atoms with van der Waals surface area (Å²) >= 11 is 6.00. The van der Waals surface area contributed by atoms with Gasteiger partial charge in [-0.15, -0.1) is 0 Å². The third kappa shape index (κ3) is 4.60. The lowest BCUT2D eigenvalue weighted by atomic mass is 10.1. The minimum absolute atomic E-state index is 0.105. The highest BCUT2D eigenvalue weighted by molar-refractivity contribution is 6.33. The van der Waals surface area contributed by atoms with E-state index < -0.39 is 0 Å². The molecule has 0 atom stereocenters. The second kappa shape index (κ2) is 7.61. The summed E-state index contributed by atoms with van der Waals surface area (Å²) in [6, 6.07) is 13.3. The Kier molecular flexibility index (Phi) is 5.55. The van der Waals surface area contributed by atoms with Gasteiger partial charge in [-0.05, 0) is 37.1 Å². The van der Waals surface area contributed by atoms with Crippen LogP contribution in [0.25, 0.3) is 0 Å². The van der Waals surface area contributed by atoms with Crippen molar-refractivity contribution in [2.75, 3.05) is 11.9 Å². The van der Waals surface area contributed by atoms with E-state index in [4.69, 9.17) is 11.6 Å². The number of amides is 1. The molecule has 0 spiro atoms. The Morgan fingerprint density at radius 3 is 2.73 bits per heavy atom. The van der Waals surface area contributed by atoms with E-state index in [-0.39, 0.29) is 12.5 Å². The van der Waals surface area contributed by atoms with Crippen molar-refractivity contribution in [3.05, 3.63) is 64.2 Å². The molecule has 2 aromatic rings. The minimum atomic E-state index is -0.235. The number of rotatable bonds is 5. The molecule has 5 heteroatoms. The van der Waals surface area contributed by atoms with Crippen LogP contribution in [0, 0.1) is 13.8 Å². The second-order valence-electron chi connectivity index (χ2n) is 4.99. The molecule has 2 N–H and O–H groups in total. The average molecular weight is 316 g/mol. The van der Waals surface area contributed by atoms with Crippen LogP contribution in [-0.4, -0.2) is 18.7 Å². The summed E-state index contributed by atoms with van der Waals surface area (Å²) in [6.45, 7) is 4.15. The van der Waals surface area contributed by atoms with Gasteiger partial charge in [-0.1, -0.05) is 47.5 Å². The van der Waals surface area contributed by atoms with Gasteiger partial charge >= 0.3 is 0 Å². The van der Waals surface area contributed by atoms with E-state index in [9.17, 15) is 4.79 Å². The van der Waals surface area contributed by atoms with Crippen molar-refractivity contribution in [3.63, 3.8) is 0 Å². The topological polar surface area (TPSA) is 53.5 Å². The highest BCUT2D eigenvalue weighted by Crippen LogP contribution is 2.19. The number of hydrogen-bond acceptors (Lipinski definition) is 3. The summed E-state index contributed by atoms with van der Waals surface area (Å²) in [7, 11) is 0. The zero-order valence-corrected chi connectivity index (χ0v) is 13.3. The Hall–Kier alpha value is -2.33. The first-order chi connectivity index (χ1) is 10.6. The van der Waals surface area contributed by atoms with Crippen LogP contribution < -0.4 is 10.7 Å². The number of hydrazone groups is 1. The van der Waals surface area contributed by atoms with Crippen molar-refractivity contribution < 1.29 is 4.79 Å². The van der Waals surface area contributed by atoms with Gasteiger partial charge < -0.3 is 5.32 Å². The Morgan fingerprint density at radius 2 is 2.00 bits per heavy atom. The van der Waals surface area contributed by atoms with Gasteiger partial charge in [0.15, 0.2) is 0 Å². The second-order valence-corrected chi connectivity index (χ2v) is 5.39. The van der Waals surface area contributed by atoms with Gasteiger partial charge in [-0.2, -0.15) is 5.10 Å². The lowest BCUT2D eigenvalue weighted by Crippen LogP contribution is -2.26. The summed E-state index contributed by atoms with van der Waals surface area (Å²) < 4.78 is 0. The first-order valence-electron chi connectivity index (χ1n) is 6.94. The van der Waals surface area contributed by atoms with E-state index in [2.05, 4.69) is 21.9 Å². The molecule has 22 heavy (non-hydrogen) atoms. The number of carbonyl (C=O) groups is 1. The first kappa shape index (κ1) is 16.0. The maximum absolute atomic E-state index is 11.7. The van der Waals surface area contributed by atoms with Gasteiger partial charge in [0.2, 0.25) is 0 Å².